The normalized spacial score (nSPS) is 9.83. The molecular formula is C15H16N2O. The van der Waals surface area contributed by atoms with Crippen LogP contribution in [-0.2, 0) is 11.3 Å². The number of anilines is 2. The molecule has 3 heteroatoms. The Morgan fingerprint density at radius 3 is 2.44 bits per heavy atom. The van der Waals surface area contributed by atoms with E-state index in [2.05, 4.69) is 10.6 Å². The van der Waals surface area contributed by atoms with E-state index in [1.807, 2.05) is 54.6 Å². The van der Waals surface area contributed by atoms with Crippen molar-refractivity contribution in [3.8, 4) is 0 Å². The van der Waals surface area contributed by atoms with Gasteiger partial charge in [-0.05, 0) is 29.8 Å². The zero-order chi connectivity index (χ0) is 12.8. The second kappa shape index (κ2) is 5.87. The molecule has 2 rings (SSSR count). The van der Waals surface area contributed by atoms with Crippen molar-refractivity contribution >= 4 is 17.3 Å². The summed E-state index contributed by atoms with van der Waals surface area (Å²) in [6.45, 7) is 2.08. The second-order valence-electron chi connectivity index (χ2n) is 4.10. The molecule has 0 bridgehead atoms. The monoisotopic (exact) mass is 240 g/mol. The number of para-hydroxylation sites is 1. The van der Waals surface area contributed by atoms with Gasteiger partial charge in [0, 0.05) is 24.8 Å². The third-order valence-corrected chi connectivity index (χ3v) is 2.53. The summed E-state index contributed by atoms with van der Waals surface area (Å²) in [4.78, 5) is 10.9. The second-order valence-corrected chi connectivity index (χ2v) is 4.10. The van der Waals surface area contributed by atoms with E-state index in [0.29, 0.717) is 6.54 Å². The van der Waals surface area contributed by atoms with Gasteiger partial charge in [-0.2, -0.15) is 0 Å². The largest absolute Gasteiger partial charge is 0.356 e. The Bertz CT molecular complexity index is 523. The summed E-state index contributed by atoms with van der Waals surface area (Å²) in [5.41, 5.74) is 3.14. The maximum absolute atomic E-state index is 10.9. The Balaban J connectivity index is 2.05. The van der Waals surface area contributed by atoms with Crippen LogP contribution in [0.25, 0.3) is 0 Å². The standard InChI is InChI=1S/C15H16N2O/c1-12(18)16-11-13-6-5-9-15(10-13)17-14-7-3-2-4-8-14/h2-10,17H,11H2,1H3,(H,16,18). The van der Waals surface area contributed by atoms with E-state index in [9.17, 15) is 4.79 Å². The first-order valence-corrected chi connectivity index (χ1v) is 5.89. The highest BCUT2D eigenvalue weighted by molar-refractivity contribution is 5.72. The van der Waals surface area contributed by atoms with Gasteiger partial charge in [0.15, 0.2) is 0 Å². The molecule has 0 aliphatic heterocycles. The van der Waals surface area contributed by atoms with E-state index in [1.54, 1.807) is 0 Å². The molecule has 0 unspecified atom stereocenters. The Labute approximate surface area is 107 Å². The number of hydrogen-bond acceptors (Lipinski definition) is 2. The summed E-state index contributed by atoms with van der Waals surface area (Å²) in [6.07, 6.45) is 0. The molecule has 18 heavy (non-hydrogen) atoms. The number of nitrogens with one attached hydrogen (secondary N) is 2. The summed E-state index contributed by atoms with van der Waals surface area (Å²) in [7, 11) is 0. The lowest BCUT2D eigenvalue weighted by atomic mass is 10.2. The van der Waals surface area contributed by atoms with Crippen LogP contribution >= 0.6 is 0 Å². The van der Waals surface area contributed by atoms with Crippen molar-refractivity contribution in [3.05, 3.63) is 60.2 Å². The minimum Gasteiger partial charge on any atom is -0.356 e. The van der Waals surface area contributed by atoms with E-state index in [-0.39, 0.29) is 5.91 Å². The van der Waals surface area contributed by atoms with Gasteiger partial charge in [-0.15, -0.1) is 0 Å². The average Bonchev–Trinajstić information content (AvgIpc) is 2.38. The van der Waals surface area contributed by atoms with Crippen molar-refractivity contribution in [2.75, 3.05) is 5.32 Å². The summed E-state index contributed by atoms with van der Waals surface area (Å²) >= 11 is 0. The van der Waals surface area contributed by atoms with Gasteiger partial charge >= 0.3 is 0 Å². The van der Waals surface area contributed by atoms with Crippen molar-refractivity contribution in [1.82, 2.24) is 5.32 Å². The number of amides is 1. The SMILES string of the molecule is CC(=O)NCc1cccc(Nc2ccccc2)c1. The predicted molar refractivity (Wildman–Crippen MR) is 73.7 cm³/mol. The topological polar surface area (TPSA) is 41.1 Å². The lowest BCUT2D eigenvalue weighted by molar-refractivity contribution is -0.119. The first-order chi connectivity index (χ1) is 8.74. The maximum Gasteiger partial charge on any atom is 0.217 e. The molecule has 1 amide bonds. The van der Waals surface area contributed by atoms with Gasteiger partial charge in [0.25, 0.3) is 0 Å². The number of hydrogen-bond donors (Lipinski definition) is 2. The number of carbonyl (C=O) groups is 1. The summed E-state index contributed by atoms with van der Waals surface area (Å²) in [6, 6.07) is 18.0. The fourth-order valence-corrected chi connectivity index (χ4v) is 1.67. The van der Waals surface area contributed by atoms with Gasteiger partial charge in [0.05, 0.1) is 0 Å². The molecule has 2 N–H and O–H groups in total. The van der Waals surface area contributed by atoms with Crippen LogP contribution in [0.4, 0.5) is 11.4 Å². The first-order valence-electron chi connectivity index (χ1n) is 5.89. The smallest absolute Gasteiger partial charge is 0.217 e. The van der Waals surface area contributed by atoms with Gasteiger partial charge < -0.3 is 10.6 Å². The predicted octanol–water partition coefficient (Wildman–Crippen LogP) is 3.07. The molecule has 3 nitrogen and oxygen atoms in total. The van der Waals surface area contributed by atoms with E-state index in [1.165, 1.54) is 6.92 Å². The van der Waals surface area contributed by atoms with Gasteiger partial charge in [0.2, 0.25) is 5.91 Å². The molecule has 0 aliphatic rings. The average molecular weight is 240 g/mol. The molecule has 2 aromatic rings. The van der Waals surface area contributed by atoms with Gasteiger partial charge in [-0.25, -0.2) is 0 Å². The molecule has 0 atom stereocenters. The highest BCUT2D eigenvalue weighted by atomic mass is 16.1. The van der Waals surface area contributed by atoms with Gasteiger partial charge in [-0.1, -0.05) is 30.3 Å². The minimum absolute atomic E-state index is 0.0172. The Hall–Kier alpha value is -2.29. The van der Waals surface area contributed by atoms with E-state index >= 15 is 0 Å². The fraction of sp³-hybridized carbons (Fsp3) is 0.133. The minimum atomic E-state index is -0.0172. The Morgan fingerprint density at radius 1 is 1.00 bits per heavy atom. The molecule has 0 aliphatic carbocycles. The lowest BCUT2D eigenvalue weighted by Gasteiger charge is -2.08. The quantitative estimate of drug-likeness (QED) is 0.862. The molecule has 0 saturated heterocycles. The van der Waals surface area contributed by atoms with E-state index in [0.717, 1.165) is 16.9 Å². The molecular weight excluding hydrogens is 224 g/mol. The molecule has 0 aromatic heterocycles. The first kappa shape index (κ1) is 12.2. The van der Waals surface area contributed by atoms with Crippen molar-refractivity contribution in [2.45, 2.75) is 13.5 Å². The summed E-state index contributed by atoms with van der Waals surface area (Å²) in [5, 5.41) is 6.11. The lowest BCUT2D eigenvalue weighted by Crippen LogP contribution is -2.18. The van der Waals surface area contributed by atoms with Crippen LogP contribution in [0.2, 0.25) is 0 Å². The summed E-state index contributed by atoms with van der Waals surface area (Å²) in [5.74, 6) is -0.0172. The molecule has 0 radical (unpaired) electrons. The van der Waals surface area contributed by atoms with Crippen LogP contribution in [0.1, 0.15) is 12.5 Å². The maximum atomic E-state index is 10.9. The molecule has 92 valence electrons. The third-order valence-electron chi connectivity index (χ3n) is 2.53. The van der Waals surface area contributed by atoms with Crippen LogP contribution in [0, 0.1) is 0 Å². The number of rotatable bonds is 4. The van der Waals surface area contributed by atoms with Gasteiger partial charge in [-0.3, -0.25) is 4.79 Å². The van der Waals surface area contributed by atoms with Crippen LogP contribution in [0.5, 0.6) is 0 Å². The number of benzene rings is 2. The molecule has 0 fully saturated rings. The van der Waals surface area contributed by atoms with E-state index in [4.69, 9.17) is 0 Å². The summed E-state index contributed by atoms with van der Waals surface area (Å²) < 4.78 is 0. The van der Waals surface area contributed by atoms with Crippen LogP contribution < -0.4 is 10.6 Å². The van der Waals surface area contributed by atoms with Crippen LogP contribution in [-0.4, -0.2) is 5.91 Å². The van der Waals surface area contributed by atoms with Crippen LogP contribution in [0.3, 0.4) is 0 Å². The molecule has 0 heterocycles. The molecule has 2 aromatic carbocycles. The Kier molecular flexibility index (Phi) is 3.97. The fourth-order valence-electron chi connectivity index (χ4n) is 1.67. The van der Waals surface area contributed by atoms with E-state index < -0.39 is 0 Å². The zero-order valence-corrected chi connectivity index (χ0v) is 10.3. The zero-order valence-electron chi connectivity index (χ0n) is 10.3. The van der Waals surface area contributed by atoms with Crippen molar-refractivity contribution < 1.29 is 4.79 Å². The van der Waals surface area contributed by atoms with Gasteiger partial charge in [0.1, 0.15) is 0 Å². The Morgan fingerprint density at radius 2 is 1.72 bits per heavy atom. The number of carbonyl (C=O) groups excluding carboxylic acids is 1. The molecule has 0 saturated carbocycles. The highest BCUT2D eigenvalue weighted by Crippen LogP contribution is 2.17. The molecule has 0 spiro atoms. The highest BCUT2D eigenvalue weighted by Gasteiger charge is 1.97. The van der Waals surface area contributed by atoms with Crippen molar-refractivity contribution in [1.29, 1.82) is 0 Å². The third kappa shape index (κ3) is 3.63. The van der Waals surface area contributed by atoms with Crippen molar-refractivity contribution in [2.24, 2.45) is 0 Å². The van der Waals surface area contributed by atoms with Crippen LogP contribution in [0.15, 0.2) is 54.6 Å². The van der Waals surface area contributed by atoms with Crippen molar-refractivity contribution in [3.63, 3.8) is 0 Å².